The lowest BCUT2D eigenvalue weighted by molar-refractivity contribution is -0.141. The van der Waals surface area contributed by atoms with Gasteiger partial charge in [0.15, 0.2) is 0 Å². The van der Waals surface area contributed by atoms with E-state index in [0.29, 0.717) is 5.69 Å². The second kappa shape index (κ2) is 8.28. The molecule has 7 nitrogen and oxygen atoms in total. The van der Waals surface area contributed by atoms with Crippen LogP contribution in [0.4, 0.5) is 5.69 Å². The molecule has 0 fully saturated rings. The summed E-state index contributed by atoms with van der Waals surface area (Å²) in [4.78, 5) is 34.1. The number of benzene rings is 1. The first-order valence-corrected chi connectivity index (χ1v) is 7.21. The van der Waals surface area contributed by atoms with Gasteiger partial charge in [-0.25, -0.2) is 0 Å². The molecule has 1 atom stereocenters. The Morgan fingerprint density at radius 1 is 1.33 bits per heavy atom. The van der Waals surface area contributed by atoms with Crippen molar-refractivity contribution in [1.82, 2.24) is 0 Å². The molecule has 0 aromatic heterocycles. The van der Waals surface area contributed by atoms with E-state index in [1.165, 1.54) is 24.9 Å². The molecule has 8 heteroatoms. The van der Waals surface area contributed by atoms with Crippen LogP contribution >= 0.6 is 11.8 Å². The second-order valence-corrected chi connectivity index (χ2v) is 5.13. The third-order valence-electron chi connectivity index (χ3n) is 2.50. The van der Waals surface area contributed by atoms with E-state index in [-0.39, 0.29) is 23.0 Å². The van der Waals surface area contributed by atoms with Gasteiger partial charge in [0, 0.05) is 5.75 Å². The number of nitrogens with one attached hydrogen (secondary N) is 1. The summed E-state index contributed by atoms with van der Waals surface area (Å²) in [5.41, 5.74) is 11.4. The number of hydrogen-bond acceptors (Lipinski definition) is 6. The predicted molar refractivity (Wildman–Crippen MR) is 80.9 cm³/mol. The van der Waals surface area contributed by atoms with E-state index in [2.05, 4.69) is 10.1 Å². The monoisotopic (exact) mass is 311 g/mol. The summed E-state index contributed by atoms with van der Waals surface area (Å²) in [6.45, 7) is 0. The maximum atomic E-state index is 11.8. The number of rotatable bonds is 7. The Bertz CT molecular complexity index is 536. The highest BCUT2D eigenvalue weighted by Gasteiger charge is 2.15. The molecular weight excluding hydrogens is 294 g/mol. The van der Waals surface area contributed by atoms with Crippen LogP contribution in [0.2, 0.25) is 0 Å². The number of amides is 2. The minimum Gasteiger partial charge on any atom is -0.468 e. The van der Waals surface area contributed by atoms with E-state index in [1.807, 2.05) is 0 Å². The van der Waals surface area contributed by atoms with E-state index >= 15 is 0 Å². The zero-order valence-corrected chi connectivity index (χ0v) is 12.3. The Balaban J connectivity index is 2.48. The first-order valence-electron chi connectivity index (χ1n) is 6.05. The Labute approximate surface area is 126 Å². The largest absolute Gasteiger partial charge is 0.468 e. The molecular formula is C13H17N3O4S. The number of ether oxygens (including phenoxy) is 1. The molecule has 2 amide bonds. The molecule has 1 aromatic rings. The number of anilines is 1. The summed E-state index contributed by atoms with van der Waals surface area (Å²) in [7, 11) is 1.25. The number of para-hydroxylation sites is 1. The molecule has 0 bridgehead atoms. The molecule has 0 aliphatic heterocycles. The van der Waals surface area contributed by atoms with Crippen molar-refractivity contribution in [2.24, 2.45) is 11.5 Å². The Hall–Kier alpha value is -2.06. The minimum absolute atomic E-state index is 0.0950. The smallest absolute Gasteiger partial charge is 0.323 e. The molecule has 0 spiro atoms. The van der Waals surface area contributed by atoms with Crippen molar-refractivity contribution in [3.05, 3.63) is 29.8 Å². The van der Waals surface area contributed by atoms with Crippen molar-refractivity contribution < 1.29 is 19.1 Å². The van der Waals surface area contributed by atoms with Crippen LogP contribution in [-0.2, 0) is 14.3 Å². The van der Waals surface area contributed by atoms with E-state index in [1.54, 1.807) is 18.2 Å². The molecule has 0 aliphatic carbocycles. The molecule has 0 heterocycles. The fraction of sp³-hybridized carbons (Fsp3) is 0.308. The summed E-state index contributed by atoms with van der Waals surface area (Å²) in [5, 5.41) is 2.59. The number of thioether (sulfide) groups is 1. The standard InChI is InChI=1S/C13H17N3O4S/c1-20-13(19)9(14)6-21-7-11(17)16-10-5-3-2-4-8(10)12(15)18/h2-5,9H,6-7,14H2,1H3,(H2,15,18)(H,16,17). The molecule has 0 saturated carbocycles. The highest BCUT2D eigenvalue weighted by atomic mass is 32.2. The quantitative estimate of drug-likeness (QED) is 0.607. The van der Waals surface area contributed by atoms with Crippen molar-refractivity contribution >= 4 is 35.2 Å². The van der Waals surface area contributed by atoms with Crippen molar-refractivity contribution in [3.8, 4) is 0 Å². The van der Waals surface area contributed by atoms with Crippen molar-refractivity contribution in [3.63, 3.8) is 0 Å². The summed E-state index contributed by atoms with van der Waals surface area (Å²) < 4.78 is 4.48. The molecule has 1 aromatic carbocycles. The van der Waals surface area contributed by atoms with Crippen LogP contribution in [0.5, 0.6) is 0 Å². The van der Waals surface area contributed by atoms with Crippen LogP contribution in [-0.4, -0.2) is 42.4 Å². The van der Waals surface area contributed by atoms with E-state index in [4.69, 9.17) is 11.5 Å². The third-order valence-corrected chi connectivity index (χ3v) is 3.56. The Kier molecular flexibility index (Phi) is 6.70. The van der Waals surface area contributed by atoms with Gasteiger partial charge in [-0.1, -0.05) is 12.1 Å². The third kappa shape index (κ3) is 5.44. The average molecular weight is 311 g/mol. The van der Waals surface area contributed by atoms with Gasteiger partial charge in [0.25, 0.3) is 5.91 Å². The number of hydrogen-bond donors (Lipinski definition) is 3. The lowest BCUT2D eigenvalue weighted by Gasteiger charge is -2.10. The van der Waals surface area contributed by atoms with E-state index in [9.17, 15) is 14.4 Å². The maximum absolute atomic E-state index is 11.8. The zero-order valence-electron chi connectivity index (χ0n) is 11.5. The number of carbonyl (C=O) groups is 3. The topological polar surface area (TPSA) is 125 Å². The van der Waals surface area contributed by atoms with Gasteiger partial charge >= 0.3 is 5.97 Å². The number of carbonyl (C=O) groups excluding carboxylic acids is 3. The fourth-order valence-corrected chi connectivity index (χ4v) is 2.26. The van der Waals surface area contributed by atoms with Gasteiger partial charge < -0.3 is 21.5 Å². The number of primary amides is 1. The van der Waals surface area contributed by atoms with Gasteiger partial charge in [-0.05, 0) is 12.1 Å². The molecule has 0 saturated heterocycles. The second-order valence-electron chi connectivity index (χ2n) is 4.10. The summed E-state index contributed by atoms with van der Waals surface area (Å²) in [6.07, 6.45) is 0. The zero-order chi connectivity index (χ0) is 15.8. The Morgan fingerprint density at radius 3 is 2.62 bits per heavy atom. The predicted octanol–water partition coefficient (Wildman–Crippen LogP) is -0.0425. The van der Waals surface area contributed by atoms with Crippen LogP contribution in [0.1, 0.15) is 10.4 Å². The summed E-state index contributed by atoms with van der Waals surface area (Å²) in [6, 6.07) is 5.68. The highest BCUT2D eigenvalue weighted by molar-refractivity contribution is 8.00. The first-order chi connectivity index (χ1) is 9.95. The van der Waals surface area contributed by atoms with Crippen molar-refractivity contribution in [2.75, 3.05) is 23.9 Å². The van der Waals surface area contributed by atoms with Gasteiger partial charge in [-0.3, -0.25) is 14.4 Å². The fourth-order valence-electron chi connectivity index (χ4n) is 1.49. The lowest BCUT2D eigenvalue weighted by Crippen LogP contribution is -2.34. The molecule has 5 N–H and O–H groups in total. The van der Waals surface area contributed by atoms with Gasteiger partial charge in [0.05, 0.1) is 24.1 Å². The van der Waals surface area contributed by atoms with Gasteiger partial charge in [0.2, 0.25) is 5.91 Å². The number of nitrogens with two attached hydrogens (primary N) is 2. The summed E-state index contributed by atoms with van der Waals surface area (Å²) >= 11 is 1.19. The van der Waals surface area contributed by atoms with Crippen LogP contribution in [0.15, 0.2) is 24.3 Å². The van der Waals surface area contributed by atoms with E-state index < -0.39 is 17.9 Å². The summed E-state index contributed by atoms with van der Waals surface area (Å²) in [5.74, 6) is -1.10. The molecule has 0 aliphatic rings. The SMILES string of the molecule is COC(=O)C(N)CSCC(=O)Nc1ccccc1C(N)=O. The molecule has 0 radical (unpaired) electrons. The first kappa shape index (κ1) is 17.0. The van der Waals surface area contributed by atoms with Crippen molar-refractivity contribution in [1.29, 1.82) is 0 Å². The van der Waals surface area contributed by atoms with Crippen LogP contribution in [0, 0.1) is 0 Å². The molecule has 1 rings (SSSR count). The van der Waals surface area contributed by atoms with Crippen LogP contribution < -0.4 is 16.8 Å². The number of esters is 1. The minimum atomic E-state index is -0.772. The van der Waals surface area contributed by atoms with Gasteiger partial charge in [0.1, 0.15) is 6.04 Å². The van der Waals surface area contributed by atoms with Crippen LogP contribution in [0.25, 0.3) is 0 Å². The highest BCUT2D eigenvalue weighted by Crippen LogP contribution is 2.15. The Morgan fingerprint density at radius 2 is 2.00 bits per heavy atom. The molecule has 21 heavy (non-hydrogen) atoms. The van der Waals surface area contributed by atoms with Gasteiger partial charge in [-0.2, -0.15) is 0 Å². The normalized spacial score (nSPS) is 11.5. The van der Waals surface area contributed by atoms with Crippen LogP contribution in [0.3, 0.4) is 0 Å². The molecule has 1 unspecified atom stereocenters. The average Bonchev–Trinajstić information content (AvgIpc) is 2.46. The van der Waals surface area contributed by atoms with Crippen molar-refractivity contribution in [2.45, 2.75) is 6.04 Å². The molecule has 114 valence electrons. The number of methoxy groups -OCH3 is 1. The lowest BCUT2D eigenvalue weighted by atomic mass is 10.1. The van der Waals surface area contributed by atoms with Gasteiger partial charge in [-0.15, -0.1) is 11.8 Å². The van der Waals surface area contributed by atoms with E-state index in [0.717, 1.165) is 0 Å². The maximum Gasteiger partial charge on any atom is 0.323 e.